The fourth-order valence-electron chi connectivity index (χ4n) is 2.69. The van der Waals surface area contributed by atoms with Crippen LogP contribution in [0, 0.1) is 6.92 Å². The van der Waals surface area contributed by atoms with E-state index in [0.29, 0.717) is 11.0 Å². The summed E-state index contributed by atoms with van der Waals surface area (Å²) >= 11 is 6.49. The maximum atomic E-state index is 6.49. The van der Waals surface area contributed by atoms with Gasteiger partial charge in [-0.3, -0.25) is 5.43 Å². The maximum Gasteiger partial charge on any atom is 0.146 e. The van der Waals surface area contributed by atoms with Gasteiger partial charge in [-0.1, -0.05) is 48.0 Å². The topological polar surface area (TPSA) is 55.1 Å². The lowest BCUT2D eigenvalue weighted by Crippen LogP contribution is -1.96. The van der Waals surface area contributed by atoms with E-state index >= 15 is 0 Å². The van der Waals surface area contributed by atoms with Crippen LogP contribution in [0.25, 0.3) is 16.6 Å². The number of halogens is 1. The van der Waals surface area contributed by atoms with E-state index in [-0.39, 0.29) is 0 Å². The van der Waals surface area contributed by atoms with Crippen molar-refractivity contribution in [3.63, 3.8) is 0 Å². The number of para-hydroxylation sites is 2. The first-order chi connectivity index (χ1) is 12.7. The second-order valence-corrected chi connectivity index (χ2v) is 6.15. The monoisotopic (exact) mass is 361 g/mol. The number of hydrogen-bond donors (Lipinski definition) is 1. The van der Waals surface area contributed by atoms with E-state index in [1.165, 1.54) is 0 Å². The molecule has 0 saturated carbocycles. The number of anilines is 1. The van der Waals surface area contributed by atoms with Crippen molar-refractivity contribution in [2.75, 3.05) is 5.43 Å². The minimum atomic E-state index is 0.519. The number of pyridine rings is 1. The van der Waals surface area contributed by atoms with Crippen molar-refractivity contribution < 1.29 is 0 Å². The first-order valence-corrected chi connectivity index (χ1v) is 8.55. The largest absolute Gasteiger partial charge is 0.261 e. The van der Waals surface area contributed by atoms with Crippen molar-refractivity contribution >= 4 is 34.5 Å². The maximum absolute atomic E-state index is 6.49. The molecule has 0 saturated heterocycles. The van der Waals surface area contributed by atoms with Gasteiger partial charge in [0.05, 0.1) is 28.7 Å². The molecule has 1 N–H and O–H groups in total. The van der Waals surface area contributed by atoms with Crippen LogP contribution < -0.4 is 5.43 Å². The van der Waals surface area contributed by atoms with Crippen LogP contribution >= 0.6 is 11.6 Å². The number of benzene rings is 2. The van der Waals surface area contributed by atoms with E-state index in [1.807, 2.05) is 73.7 Å². The summed E-state index contributed by atoms with van der Waals surface area (Å²) in [6.07, 6.45) is 1.67. The molecular formula is C20H16ClN5. The molecule has 0 spiro atoms. The molecule has 0 aliphatic heterocycles. The molecule has 0 aliphatic rings. The molecule has 0 unspecified atom stereocenters. The molecule has 4 rings (SSSR count). The van der Waals surface area contributed by atoms with Crippen LogP contribution in [0.3, 0.4) is 0 Å². The molecule has 26 heavy (non-hydrogen) atoms. The molecule has 128 valence electrons. The van der Waals surface area contributed by atoms with Gasteiger partial charge in [-0.15, -0.1) is 0 Å². The van der Waals surface area contributed by atoms with Gasteiger partial charge in [-0.2, -0.15) is 10.2 Å². The van der Waals surface area contributed by atoms with Crippen molar-refractivity contribution in [3.05, 3.63) is 83.1 Å². The van der Waals surface area contributed by atoms with Crippen LogP contribution in [-0.2, 0) is 0 Å². The highest BCUT2D eigenvalue weighted by atomic mass is 35.5. The number of fused-ring (bicyclic) bond motifs is 1. The molecule has 6 heteroatoms. The number of nitrogens with one attached hydrogen (secondary N) is 1. The first kappa shape index (κ1) is 16.3. The molecule has 0 amide bonds. The van der Waals surface area contributed by atoms with Crippen LogP contribution in [0.1, 0.15) is 11.3 Å². The number of hydrogen-bond acceptors (Lipinski definition) is 4. The summed E-state index contributed by atoms with van der Waals surface area (Å²) < 4.78 is 1.70. The van der Waals surface area contributed by atoms with Crippen LogP contribution in [0.4, 0.5) is 5.82 Å². The fourth-order valence-corrected chi connectivity index (χ4v) is 3.01. The second kappa shape index (κ2) is 6.98. The minimum Gasteiger partial charge on any atom is -0.261 e. The number of aryl methyl sites for hydroxylation is 1. The zero-order chi connectivity index (χ0) is 17.9. The SMILES string of the molecule is Cc1nn(-c2ccccc2)c(Cl)c1/C=N/Nc1ccc2ccccc2n1. The summed E-state index contributed by atoms with van der Waals surface area (Å²) in [5.74, 6) is 0.671. The molecule has 2 aromatic carbocycles. The van der Waals surface area contributed by atoms with Crippen molar-refractivity contribution in [1.82, 2.24) is 14.8 Å². The second-order valence-electron chi connectivity index (χ2n) is 5.80. The summed E-state index contributed by atoms with van der Waals surface area (Å²) in [5, 5.41) is 10.4. The third-order valence-corrected chi connectivity index (χ3v) is 4.38. The number of nitrogens with zero attached hydrogens (tertiary/aromatic N) is 4. The van der Waals surface area contributed by atoms with E-state index in [1.54, 1.807) is 10.9 Å². The van der Waals surface area contributed by atoms with E-state index in [4.69, 9.17) is 11.6 Å². The Labute approximate surface area is 156 Å². The lowest BCUT2D eigenvalue weighted by molar-refractivity contribution is 0.863. The molecule has 0 radical (unpaired) electrons. The lowest BCUT2D eigenvalue weighted by atomic mass is 10.2. The lowest BCUT2D eigenvalue weighted by Gasteiger charge is -2.02. The van der Waals surface area contributed by atoms with Gasteiger partial charge < -0.3 is 0 Å². The highest BCUT2D eigenvalue weighted by Gasteiger charge is 2.12. The third-order valence-electron chi connectivity index (χ3n) is 4.02. The zero-order valence-electron chi connectivity index (χ0n) is 14.1. The summed E-state index contributed by atoms with van der Waals surface area (Å²) in [4.78, 5) is 4.53. The van der Waals surface area contributed by atoms with Gasteiger partial charge in [0.1, 0.15) is 11.0 Å². The van der Waals surface area contributed by atoms with Gasteiger partial charge >= 0.3 is 0 Å². The summed E-state index contributed by atoms with van der Waals surface area (Å²) in [6.45, 7) is 1.90. The predicted molar refractivity (Wildman–Crippen MR) is 106 cm³/mol. The standard InChI is InChI=1S/C20H16ClN5/c1-14-17(20(21)26(25-14)16-8-3-2-4-9-16)13-22-24-19-12-11-15-7-5-6-10-18(15)23-19/h2-13H,1H3,(H,23,24)/b22-13+. The molecule has 2 heterocycles. The Kier molecular flexibility index (Phi) is 4.37. The molecule has 0 atom stereocenters. The highest BCUT2D eigenvalue weighted by Crippen LogP contribution is 2.22. The van der Waals surface area contributed by atoms with Crippen molar-refractivity contribution in [3.8, 4) is 5.69 Å². The Balaban J connectivity index is 1.57. The van der Waals surface area contributed by atoms with Gasteiger partial charge in [-0.05, 0) is 37.3 Å². The predicted octanol–water partition coefficient (Wildman–Crippen LogP) is 4.83. The van der Waals surface area contributed by atoms with Gasteiger partial charge in [0, 0.05) is 5.39 Å². The molecule has 0 aliphatic carbocycles. The quantitative estimate of drug-likeness (QED) is 0.418. The fraction of sp³-hybridized carbons (Fsp3) is 0.0500. The van der Waals surface area contributed by atoms with Crippen LogP contribution in [-0.4, -0.2) is 21.0 Å². The Morgan fingerprint density at radius 1 is 1.00 bits per heavy atom. The van der Waals surface area contributed by atoms with Gasteiger partial charge in [0.15, 0.2) is 0 Å². The van der Waals surface area contributed by atoms with Crippen LogP contribution in [0.2, 0.25) is 5.15 Å². The Bertz CT molecular complexity index is 1090. The molecule has 2 aromatic heterocycles. The average molecular weight is 362 g/mol. The summed E-state index contributed by atoms with van der Waals surface area (Å²) in [5.41, 5.74) is 6.34. The normalized spacial score (nSPS) is 11.3. The molecule has 5 nitrogen and oxygen atoms in total. The van der Waals surface area contributed by atoms with Crippen molar-refractivity contribution in [2.45, 2.75) is 6.92 Å². The molecule has 0 bridgehead atoms. The molecular weight excluding hydrogens is 346 g/mol. The van der Waals surface area contributed by atoms with Gasteiger partial charge in [-0.25, -0.2) is 9.67 Å². The molecule has 0 fully saturated rings. The average Bonchev–Trinajstić information content (AvgIpc) is 2.97. The smallest absolute Gasteiger partial charge is 0.146 e. The van der Waals surface area contributed by atoms with E-state index in [0.717, 1.165) is 27.8 Å². The Hall–Kier alpha value is -3.18. The van der Waals surface area contributed by atoms with Crippen molar-refractivity contribution in [1.29, 1.82) is 0 Å². The Morgan fingerprint density at radius 3 is 2.62 bits per heavy atom. The van der Waals surface area contributed by atoms with Gasteiger partial charge in [0.2, 0.25) is 0 Å². The van der Waals surface area contributed by atoms with E-state index in [9.17, 15) is 0 Å². The third kappa shape index (κ3) is 3.17. The number of aromatic nitrogens is 3. The van der Waals surface area contributed by atoms with E-state index < -0.39 is 0 Å². The summed E-state index contributed by atoms with van der Waals surface area (Å²) in [6, 6.07) is 21.6. The van der Waals surface area contributed by atoms with Crippen LogP contribution in [0.5, 0.6) is 0 Å². The van der Waals surface area contributed by atoms with E-state index in [2.05, 4.69) is 20.6 Å². The first-order valence-electron chi connectivity index (χ1n) is 8.18. The van der Waals surface area contributed by atoms with Gasteiger partial charge in [0.25, 0.3) is 0 Å². The van der Waals surface area contributed by atoms with Crippen molar-refractivity contribution in [2.24, 2.45) is 5.10 Å². The zero-order valence-corrected chi connectivity index (χ0v) is 14.9. The highest BCUT2D eigenvalue weighted by molar-refractivity contribution is 6.32. The minimum absolute atomic E-state index is 0.519. The van der Waals surface area contributed by atoms with Crippen LogP contribution in [0.15, 0.2) is 71.8 Å². The number of hydrazone groups is 1. The molecule has 4 aromatic rings. The number of rotatable bonds is 4. The Morgan fingerprint density at radius 2 is 1.77 bits per heavy atom. The summed E-state index contributed by atoms with van der Waals surface area (Å²) in [7, 11) is 0.